The Morgan fingerprint density at radius 2 is 1.79 bits per heavy atom. The number of carbonyl (C=O) groups is 1. The fourth-order valence-corrected chi connectivity index (χ4v) is 4.64. The van der Waals surface area contributed by atoms with Crippen molar-refractivity contribution in [1.82, 2.24) is 20.3 Å². The van der Waals surface area contributed by atoms with E-state index < -0.39 is 17.8 Å². The van der Waals surface area contributed by atoms with E-state index in [1.165, 1.54) is 24.4 Å². The molecule has 0 radical (unpaired) electrons. The van der Waals surface area contributed by atoms with Crippen LogP contribution in [0.2, 0.25) is 0 Å². The first-order valence-corrected chi connectivity index (χ1v) is 10.8. The highest BCUT2D eigenvalue weighted by Gasteiger charge is 2.39. The second-order valence-electron chi connectivity index (χ2n) is 8.25. The number of nitrogen functional groups attached to an aromatic ring is 1. The maximum atomic E-state index is 14.7. The highest BCUT2D eigenvalue weighted by Crippen LogP contribution is 2.42. The molecule has 1 aliphatic rings. The number of nitrogens with zero attached hydrogens (tertiary/aromatic N) is 3. The Kier molecular flexibility index (Phi) is 5.49. The van der Waals surface area contributed by atoms with Crippen LogP contribution in [0.4, 0.5) is 14.7 Å². The minimum Gasteiger partial charge on any atom is -0.368 e. The van der Waals surface area contributed by atoms with E-state index in [2.05, 4.69) is 20.3 Å². The number of nitrogens with two attached hydrogens (primary N) is 1. The molecule has 34 heavy (non-hydrogen) atoms. The molecule has 0 fully saturated rings. The molecule has 6 nitrogen and oxygen atoms in total. The molecule has 4 aromatic rings. The second-order valence-corrected chi connectivity index (χ2v) is 8.25. The average Bonchev–Trinajstić information content (AvgIpc) is 2.81. The highest BCUT2D eigenvalue weighted by atomic mass is 19.1. The third-order valence-electron chi connectivity index (χ3n) is 6.10. The lowest BCUT2D eigenvalue weighted by Crippen LogP contribution is -2.41. The van der Waals surface area contributed by atoms with Crippen LogP contribution in [0, 0.1) is 18.7 Å². The van der Waals surface area contributed by atoms with Gasteiger partial charge in [-0.1, -0.05) is 36.4 Å². The van der Waals surface area contributed by atoms with Gasteiger partial charge < -0.3 is 11.1 Å². The van der Waals surface area contributed by atoms with Gasteiger partial charge in [0.1, 0.15) is 5.82 Å². The first kappa shape index (κ1) is 21.6. The lowest BCUT2D eigenvalue weighted by molar-refractivity contribution is 0.0911. The van der Waals surface area contributed by atoms with Crippen LogP contribution in [0.15, 0.2) is 66.9 Å². The van der Waals surface area contributed by atoms with Crippen molar-refractivity contribution < 1.29 is 13.6 Å². The standard InChI is InChI=1S/C26H21F2N5O/c1-14-21-23(33-26(29)31-14)20(12-15-6-3-2-4-7-15)22(32-25(21)34)17-10-9-16(27)13-19(17)18-8-5-11-30-24(18)28/h2-11,13,20,22H,12H2,1H3,(H,32,34)(H2,29,31,33). The molecule has 3 N–H and O–H groups in total. The molecular weight excluding hydrogens is 436 g/mol. The Bertz CT molecular complexity index is 1390. The number of pyridine rings is 1. The number of aromatic nitrogens is 3. The average molecular weight is 457 g/mol. The van der Waals surface area contributed by atoms with Crippen LogP contribution >= 0.6 is 0 Å². The molecule has 2 atom stereocenters. The van der Waals surface area contributed by atoms with Crippen LogP contribution in [0.25, 0.3) is 11.1 Å². The summed E-state index contributed by atoms with van der Waals surface area (Å²) in [6, 6.07) is 16.4. The second kappa shape index (κ2) is 8.62. The topological polar surface area (TPSA) is 93.8 Å². The molecule has 0 spiro atoms. The van der Waals surface area contributed by atoms with Gasteiger partial charge in [-0.25, -0.2) is 19.3 Å². The summed E-state index contributed by atoms with van der Waals surface area (Å²) in [7, 11) is 0. The molecule has 5 rings (SSSR count). The number of fused-ring (bicyclic) bond motifs is 1. The van der Waals surface area contributed by atoms with Crippen molar-refractivity contribution in [2.75, 3.05) is 5.73 Å². The van der Waals surface area contributed by atoms with E-state index in [-0.39, 0.29) is 23.3 Å². The third-order valence-corrected chi connectivity index (χ3v) is 6.10. The molecule has 170 valence electrons. The Morgan fingerprint density at radius 3 is 2.56 bits per heavy atom. The number of nitrogens with one attached hydrogen (secondary N) is 1. The number of benzene rings is 2. The largest absolute Gasteiger partial charge is 0.368 e. The van der Waals surface area contributed by atoms with Gasteiger partial charge in [0.2, 0.25) is 11.9 Å². The summed E-state index contributed by atoms with van der Waals surface area (Å²) < 4.78 is 29.0. The normalized spacial score (nSPS) is 17.2. The van der Waals surface area contributed by atoms with Gasteiger partial charge in [0.05, 0.1) is 23.0 Å². The summed E-state index contributed by atoms with van der Waals surface area (Å²) in [5, 5.41) is 3.04. The molecule has 3 heterocycles. The molecule has 8 heteroatoms. The van der Waals surface area contributed by atoms with Crippen LogP contribution in [-0.4, -0.2) is 20.9 Å². The fraction of sp³-hybridized carbons (Fsp3) is 0.154. The van der Waals surface area contributed by atoms with Crippen LogP contribution in [-0.2, 0) is 6.42 Å². The molecule has 0 aliphatic carbocycles. The number of anilines is 1. The summed E-state index contributed by atoms with van der Waals surface area (Å²) in [5.74, 6) is -1.89. The van der Waals surface area contributed by atoms with E-state index in [9.17, 15) is 13.6 Å². The van der Waals surface area contributed by atoms with Crippen molar-refractivity contribution in [2.24, 2.45) is 0 Å². The molecule has 0 saturated carbocycles. The molecule has 2 aromatic heterocycles. The maximum Gasteiger partial charge on any atom is 0.255 e. The summed E-state index contributed by atoms with van der Waals surface area (Å²) in [6.45, 7) is 1.71. The van der Waals surface area contributed by atoms with Crippen LogP contribution in [0.1, 0.15) is 44.8 Å². The van der Waals surface area contributed by atoms with Crippen molar-refractivity contribution in [1.29, 1.82) is 0 Å². The van der Waals surface area contributed by atoms with Gasteiger partial charge >= 0.3 is 0 Å². The lowest BCUT2D eigenvalue weighted by Gasteiger charge is -2.35. The van der Waals surface area contributed by atoms with E-state index in [1.807, 2.05) is 30.3 Å². The third kappa shape index (κ3) is 3.87. The minimum atomic E-state index is -0.723. The molecular formula is C26H21F2N5O. The fourth-order valence-electron chi connectivity index (χ4n) is 4.64. The van der Waals surface area contributed by atoms with Gasteiger partial charge in [-0.05, 0) is 54.3 Å². The molecule has 2 unspecified atom stereocenters. The number of amides is 1. The van der Waals surface area contributed by atoms with Crippen LogP contribution in [0.3, 0.4) is 0 Å². The lowest BCUT2D eigenvalue weighted by atomic mass is 9.78. The zero-order valence-electron chi connectivity index (χ0n) is 18.3. The van der Waals surface area contributed by atoms with E-state index in [4.69, 9.17) is 5.73 Å². The molecule has 2 aromatic carbocycles. The summed E-state index contributed by atoms with van der Waals surface area (Å²) >= 11 is 0. The SMILES string of the molecule is Cc1nc(N)nc2c1C(=O)NC(c1ccc(F)cc1-c1cccnc1F)C2Cc1ccccc1. The highest BCUT2D eigenvalue weighted by molar-refractivity contribution is 5.98. The van der Waals surface area contributed by atoms with Crippen LogP contribution < -0.4 is 11.1 Å². The number of aryl methyl sites for hydroxylation is 1. The van der Waals surface area contributed by atoms with Gasteiger partial charge in [-0.15, -0.1) is 0 Å². The van der Waals surface area contributed by atoms with Crippen molar-refractivity contribution in [2.45, 2.75) is 25.3 Å². The maximum absolute atomic E-state index is 14.7. The molecule has 1 aliphatic heterocycles. The molecule has 0 saturated heterocycles. The first-order valence-electron chi connectivity index (χ1n) is 10.8. The Hall–Kier alpha value is -4.20. The first-order chi connectivity index (χ1) is 16.4. The van der Waals surface area contributed by atoms with Crippen LogP contribution in [0.5, 0.6) is 0 Å². The van der Waals surface area contributed by atoms with Gasteiger partial charge in [0, 0.05) is 17.7 Å². The Labute approximate surface area is 194 Å². The van der Waals surface area contributed by atoms with Gasteiger partial charge in [0.15, 0.2) is 0 Å². The quantitative estimate of drug-likeness (QED) is 0.440. The summed E-state index contributed by atoms with van der Waals surface area (Å²) in [5.41, 5.74) is 9.38. The van der Waals surface area contributed by atoms with E-state index in [1.54, 1.807) is 19.1 Å². The van der Waals surface area contributed by atoms with Gasteiger partial charge in [0.25, 0.3) is 5.91 Å². The number of hydrogen-bond donors (Lipinski definition) is 2. The Morgan fingerprint density at radius 1 is 1.00 bits per heavy atom. The summed E-state index contributed by atoms with van der Waals surface area (Å²) in [4.78, 5) is 25.5. The van der Waals surface area contributed by atoms with Crippen molar-refractivity contribution in [3.05, 3.63) is 107 Å². The van der Waals surface area contributed by atoms with E-state index >= 15 is 0 Å². The van der Waals surface area contributed by atoms with Gasteiger partial charge in [-0.2, -0.15) is 4.39 Å². The monoisotopic (exact) mass is 457 g/mol. The smallest absolute Gasteiger partial charge is 0.255 e. The van der Waals surface area contributed by atoms with Crippen molar-refractivity contribution >= 4 is 11.9 Å². The number of halogens is 2. The van der Waals surface area contributed by atoms with E-state index in [0.29, 0.717) is 34.5 Å². The van der Waals surface area contributed by atoms with Crippen molar-refractivity contribution in [3.63, 3.8) is 0 Å². The number of carbonyl (C=O) groups excluding carboxylic acids is 1. The molecule has 0 bridgehead atoms. The van der Waals surface area contributed by atoms with E-state index in [0.717, 1.165) is 5.56 Å². The number of rotatable bonds is 4. The summed E-state index contributed by atoms with van der Waals surface area (Å²) in [6.07, 6.45) is 1.85. The zero-order valence-corrected chi connectivity index (χ0v) is 18.3. The van der Waals surface area contributed by atoms with Gasteiger partial charge in [-0.3, -0.25) is 4.79 Å². The van der Waals surface area contributed by atoms with Crippen molar-refractivity contribution in [3.8, 4) is 11.1 Å². The zero-order chi connectivity index (χ0) is 23.8. The predicted octanol–water partition coefficient (Wildman–Crippen LogP) is 4.52. The molecule has 1 amide bonds. The predicted molar refractivity (Wildman–Crippen MR) is 124 cm³/mol. The minimum absolute atomic E-state index is 0.0698. The number of hydrogen-bond acceptors (Lipinski definition) is 5. The Balaban J connectivity index is 1.72.